The molecule has 0 aliphatic carbocycles. The third-order valence-electron chi connectivity index (χ3n) is 2.77. The van der Waals surface area contributed by atoms with E-state index in [0.717, 1.165) is 10.0 Å². The maximum Gasteiger partial charge on any atom is 0.267 e. The van der Waals surface area contributed by atoms with E-state index in [2.05, 4.69) is 26.2 Å². The molecule has 1 heterocycles. The van der Waals surface area contributed by atoms with Gasteiger partial charge in [-0.05, 0) is 11.6 Å². The predicted octanol–water partition coefficient (Wildman–Crippen LogP) is 2.80. The van der Waals surface area contributed by atoms with Crippen molar-refractivity contribution in [3.63, 3.8) is 0 Å². The van der Waals surface area contributed by atoms with Crippen molar-refractivity contribution >= 4 is 44.1 Å². The van der Waals surface area contributed by atoms with Gasteiger partial charge in [-0.2, -0.15) is 0 Å². The minimum absolute atomic E-state index is 0.128. The number of halogens is 1. The fourth-order valence-corrected chi connectivity index (χ4v) is 2.96. The Bertz CT molecular complexity index is 629. The van der Waals surface area contributed by atoms with Crippen LogP contribution in [0, 0.1) is 0 Å². The SMILES string of the molecule is CNc1nc(N)c(C(=O)N(C)Cc2ccccc2Br)s1. The summed E-state index contributed by atoms with van der Waals surface area (Å²) in [6.45, 7) is 0.506. The highest BCUT2D eigenvalue weighted by atomic mass is 79.9. The lowest BCUT2D eigenvalue weighted by atomic mass is 10.2. The van der Waals surface area contributed by atoms with E-state index < -0.39 is 0 Å². The lowest BCUT2D eigenvalue weighted by Gasteiger charge is -2.17. The zero-order valence-electron chi connectivity index (χ0n) is 11.2. The Morgan fingerprint density at radius 1 is 1.50 bits per heavy atom. The Hall–Kier alpha value is -1.60. The van der Waals surface area contributed by atoms with Crippen molar-refractivity contribution in [3.8, 4) is 0 Å². The Morgan fingerprint density at radius 2 is 2.20 bits per heavy atom. The number of anilines is 2. The lowest BCUT2D eigenvalue weighted by Crippen LogP contribution is -2.26. The van der Waals surface area contributed by atoms with Crippen LogP contribution < -0.4 is 11.1 Å². The molecule has 1 aromatic heterocycles. The van der Waals surface area contributed by atoms with Crippen LogP contribution in [0.4, 0.5) is 10.9 Å². The van der Waals surface area contributed by atoms with Crippen LogP contribution in [-0.4, -0.2) is 29.9 Å². The van der Waals surface area contributed by atoms with Crippen LogP contribution in [0.1, 0.15) is 15.2 Å². The van der Waals surface area contributed by atoms with E-state index in [-0.39, 0.29) is 11.7 Å². The van der Waals surface area contributed by atoms with Crippen LogP contribution in [0.3, 0.4) is 0 Å². The van der Waals surface area contributed by atoms with Crippen LogP contribution in [0.2, 0.25) is 0 Å². The number of nitrogens with two attached hydrogens (primary N) is 1. The van der Waals surface area contributed by atoms with Gasteiger partial charge in [-0.1, -0.05) is 45.5 Å². The number of thiazole rings is 1. The summed E-state index contributed by atoms with van der Waals surface area (Å²) in [6, 6.07) is 7.81. The first kappa shape index (κ1) is 14.8. The number of benzene rings is 1. The largest absolute Gasteiger partial charge is 0.382 e. The Morgan fingerprint density at radius 3 is 2.80 bits per heavy atom. The molecule has 0 saturated carbocycles. The van der Waals surface area contributed by atoms with Crippen molar-refractivity contribution in [3.05, 3.63) is 39.2 Å². The van der Waals surface area contributed by atoms with Gasteiger partial charge in [0.25, 0.3) is 5.91 Å². The molecule has 106 valence electrons. The van der Waals surface area contributed by atoms with Crippen LogP contribution in [0.15, 0.2) is 28.7 Å². The monoisotopic (exact) mass is 354 g/mol. The average molecular weight is 355 g/mol. The molecule has 0 radical (unpaired) electrons. The number of amides is 1. The number of rotatable bonds is 4. The van der Waals surface area contributed by atoms with Crippen molar-refractivity contribution < 1.29 is 4.79 Å². The second kappa shape index (κ2) is 6.23. The third-order valence-corrected chi connectivity index (χ3v) is 4.62. The van der Waals surface area contributed by atoms with E-state index in [1.807, 2.05) is 24.3 Å². The lowest BCUT2D eigenvalue weighted by molar-refractivity contribution is 0.0790. The number of hydrogen-bond acceptors (Lipinski definition) is 5. The summed E-state index contributed by atoms with van der Waals surface area (Å²) in [6.07, 6.45) is 0. The van der Waals surface area contributed by atoms with Gasteiger partial charge < -0.3 is 16.0 Å². The normalized spacial score (nSPS) is 10.3. The van der Waals surface area contributed by atoms with Gasteiger partial charge in [0.05, 0.1) is 0 Å². The molecule has 0 atom stereocenters. The van der Waals surface area contributed by atoms with E-state index >= 15 is 0 Å². The number of carbonyl (C=O) groups excluding carboxylic acids is 1. The summed E-state index contributed by atoms with van der Waals surface area (Å²) < 4.78 is 0.979. The standard InChI is InChI=1S/C13H15BrN4OS/c1-16-13-17-11(15)10(20-13)12(19)18(2)7-8-5-3-4-6-9(8)14/h3-6H,7,15H2,1-2H3,(H,16,17). The molecule has 0 saturated heterocycles. The molecular formula is C13H15BrN4OS. The molecule has 2 aromatic rings. The molecule has 1 amide bonds. The summed E-state index contributed by atoms with van der Waals surface area (Å²) in [4.78, 5) is 18.6. The fourth-order valence-electron chi connectivity index (χ4n) is 1.72. The van der Waals surface area contributed by atoms with Crippen molar-refractivity contribution in [1.82, 2.24) is 9.88 Å². The zero-order chi connectivity index (χ0) is 14.7. The molecule has 0 aliphatic rings. The summed E-state index contributed by atoms with van der Waals surface area (Å²) >= 11 is 4.74. The van der Waals surface area contributed by atoms with Gasteiger partial charge in [0.2, 0.25) is 0 Å². The van der Waals surface area contributed by atoms with Gasteiger partial charge in [-0.3, -0.25) is 4.79 Å². The molecule has 0 spiro atoms. The summed E-state index contributed by atoms with van der Waals surface area (Å²) in [7, 11) is 3.50. The van der Waals surface area contributed by atoms with Crippen molar-refractivity contribution in [1.29, 1.82) is 0 Å². The Balaban J connectivity index is 2.16. The minimum atomic E-state index is -0.128. The maximum absolute atomic E-state index is 12.4. The van der Waals surface area contributed by atoms with Gasteiger partial charge >= 0.3 is 0 Å². The number of nitrogens with zero attached hydrogens (tertiary/aromatic N) is 2. The summed E-state index contributed by atoms with van der Waals surface area (Å²) in [5.74, 6) is 0.139. The molecular weight excluding hydrogens is 340 g/mol. The van der Waals surface area contributed by atoms with E-state index in [1.165, 1.54) is 11.3 Å². The highest BCUT2D eigenvalue weighted by Gasteiger charge is 2.20. The number of carbonyl (C=O) groups is 1. The zero-order valence-corrected chi connectivity index (χ0v) is 13.6. The first-order valence-corrected chi connectivity index (χ1v) is 7.56. The highest BCUT2D eigenvalue weighted by Crippen LogP contribution is 2.26. The predicted molar refractivity (Wildman–Crippen MR) is 86.0 cm³/mol. The summed E-state index contributed by atoms with van der Waals surface area (Å²) in [5.41, 5.74) is 6.82. The molecule has 0 unspecified atom stereocenters. The van der Waals surface area contributed by atoms with E-state index in [4.69, 9.17) is 5.73 Å². The van der Waals surface area contributed by atoms with E-state index in [9.17, 15) is 4.79 Å². The molecule has 0 bridgehead atoms. The molecule has 2 rings (SSSR count). The number of nitrogens with one attached hydrogen (secondary N) is 1. The minimum Gasteiger partial charge on any atom is -0.382 e. The van der Waals surface area contributed by atoms with Crippen molar-refractivity contribution in [2.45, 2.75) is 6.54 Å². The van der Waals surface area contributed by atoms with E-state index in [0.29, 0.717) is 16.6 Å². The smallest absolute Gasteiger partial charge is 0.267 e. The third kappa shape index (κ3) is 3.10. The quantitative estimate of drug-likeness (QED) is 0.885. The van der Waals surface area contributed by atoms with E-state index in [1.54, 1.807) is 19.0 Å². The van der Waals surface area contributed by atoms with Gasteiger partial charge in [-0.25, -0.2) is 4.98 Å². The molecule has 5 nitrogen and oxygen atoms in total. The summed E-state index contributed by atoms with van der Waals surface area (Å²) in [5, 5.41) is 3.53. The maximum atomic E-state index is 12.4. The average Bonchev–Trinajstić information content (AvgIpc) is 2.81. The fraction of sp³-hybridized carbons (Fsp3) is 0.231. The molecule has 0 fully saturated rings. The molecule has 1 aromatic carbocycles. The Kier molecular flexibility index (Phi) is 4.61. The van der Waals surface area contributed by atoms with Gasteiger partial charge in [0.15, 0.2) is 5.13 Å². The second-order valence-electron chi connectivity index (χ2n) is 4.24. The second-order valence-corrected chi connectivity index (χ2v) is 6.09. The van der Waals surface area contributed by atoms with Gasteiger partial charge in [0, 0.05) is 25.1 Å². The van der Waals surface area contributed by atoms with Gasteiger partial charge in [0.1, 0.15) is 10.7 Å². The molecule has 0 aliphatic heterocycles. The first-order valence-electron chi connectivity index (χ1n) is 5.96. The van der Waals surface area contributed by atoms with Gasteiger partial charge in [-0.15, -0.1) is 0 Å². The number of aromatic nitrogens is 1. The molecule has 20 heavy (non-hydrogen) atoms. The number of hydrogen-bond donors (Lipinski definition) is 2. The molecule has 3 N–H and O–H groups in total. The van der Waals surface area contributed by atoms with Crippen molar-refractivity contribution in [2.75, 3.05) is 25.1 Å². The van der Waals surface area contributed by atoms with Crippen LogP contribution in [0.25, 0.3) is 0 Å². The van der Waals surface area contributed by atoms with Crippen LogP contribution in [0.5, 0.6) is 0 Å². The van der Waals surface area contributed by atoms with Crippen LogP contribution >= 0.6 is 27.3 Å². The van der Waals surface area contributed by atoms with Crippen molar-refractivity contribution in [2.24, 2.45) is 0 Å². The first-order chi connectivity index (χ1) is 9.52. The number of nitrogen functional groups attached to an aromatic ring is 1. The Labute approximate surface area is 129 Å². The molecule has 7 heteroatoms. The highest BCUT2D eigenvalue weighted by molar-refractivity contribution is 9.10. The van der Waals surface area contributed by atoms with Crippen LogP contribution in [-0.2, 0) is 6.54 Å². The topological polar surface area (TPSA) is 71.2 Å².